The summed E-state index contributed by atoms with van der Waals surface area (Å²) in [5.74, 6) is -0.290. The molecule has 136 valence electrons. The summed E-state index contributed by atoms with van der Waals surface area (Å²) in [6, 6.07) is 9.96. The van der Waals surface area contributed by atoms with Gasteiger partial charge in [0.2, 0.25) is 0 Å². The Kier molecular flexibility index (Phi) is 5.85. The van der Waals surface area contributed by atoms with Crippen molar-refractivity contribution in [3.05, 3.63) is 47.8 Å². The number of benzene rings is 1. The van der Waals surface area contributed by atoms with Gasteiger partial charge in [-0.05, 0) is 41.9 Å². The number of nitrogens with zero attached hydrogens (tertiary/aromatic N) is 2. The lowest BCUT2D eigenvalue weighted by Crippen LogP contribution is -2.40. The molecule has 0 spiro atoms. The normalized spacial score (nSPS) is 12.2. The molecule has 0 radical (unpaired) electrons. The zero-order valence-electron chi connectivity index (χ0n) is 16.0. The number of ether oxygens (including phenoxy) is 1. The molecule has 0 N–H and O–H groups in total. The third-order valence-electron chi connectivity index (χ3n) is 4.78. The highest BCUT2D eigenvalue weighted by Crippen LogP contribution is 2.37. The SMILES string of the molecule is COC(=O)Cc1ccn(-c2cccc(CO[Si](C)(C)C(C)(C)C)c2)n1. The molecule has 0 saturated carbocycles. The molecule has 0 aliphatic carbocycles. The Bertz CT molecular complexity index is 732. The quantitative estimate of drug-likeness (QED) is 0.575. The van der Waals surface area contributed by atoms with E-state index in [0.717, 1.165) is 11.3 Å². The van der Waals surface area contributed by atoms with Gasteiger partial charge in [-0.1, -0.05) is 32.9 Å². The molecule has 25 heavy (non-hydrogen) atoms. The van der Waals surface area contributed by atoms with Gasteiger partial charge in [-0.3, -0.25) is 4.79 Å². The van der Waals surface area contributed by atoms with Gasteiger partial charge in [0, 0.05) is 6.20 Å². The third kappa shape index (κ3) is 5.03. The van der Waals surface area contributed by atoms with E-state index >= 15 is 0 Å². The van der Waals surface area contributed by atoms with E-state index < -0.39 is 8.32 Å². The van der Waals surface area contributed by atoms with Crippen LogP contribution in [0.15, 0.2) is 36.5 Å². The highest BCUT2D eigenvalue weighted by molar-refractivity contribution is 6.74. The van der Waals surface area contributed by atoms with Crippen LogP contribution in [-0.4, -0.2) is 31.2 Å². The molecule has 1 heterocycles. The lowest BCUT2D eigenvalue weighted by molar-refractivity contribution is -0.139. The van der Waals surface area contributed by atoms with E-state index in [1.807, 2.05) is 24.4 Å². The van der Waals surface area contributed by atoms with E-state index in [1.54, 1.807) is 4.68 Å². The van der Waals surface area contributed by atoms with E-state index in [-0.39, 0.29) is 17.4 Å². The van der Waals surface area contributed by atoms with Crippen molar-refractivity contribution in [1.82, 2.24) is 9.78 Å². The molecule has 0 aliphatic heterocycles. The minimum atomic E-state index is -1.78. The smallest absolute Gasteiger partial charge is 0.311 e. The minimum absolute atomic E-state index is 0.178. The van der Waals surface area contributed by atoms with Crippen LogP contribution < -0.4 is 0 Å². The largest absolute Gasteiger partial charge is 0.469 e. The molecule has 1 aromatic carbocycles. The molecule has 0 amide bonds. The molecular formula is C19H28N2O3Si. The van der Waals surface area contributed by atoms with Crippen LogP contribution in [0, 0.1) is 0 Å². The van der Waals surface area contributed by atoms with Crippen molar-refractivity contribution in [2.45, 2.75) is 51.9 Å². The predicted molar refractivity (Wildman–Crippen MR) is 101 cm³/mol. The summed E-state index contributed by atoms with van der Waals surface area (Å²) >= 11 is 0. The molecular weight excluding hydrogens is 332 g/mol. The number of carbonyl (C=O) groups is 1. The van der Waals surface area contributed by atoms with Crippen molar-refractivity contribution in [2.75, 3.05) is 7.11 Å². The molecule has 0 unspecified atom stereocenters. The Morgan fingerprint density at radius 3 is 2.60 bits per heavy atom. The summed E-state index contributed by atoms with van der Waals surface area (Å²) in [6.45, 7) is 11.8. The van der Waals surface area contributed by atoms with Crippen LogP contribution in [0.4, 0.5) is 0 Å². The summed E-state index contributed by atoms with van der Waals surface area (Å²) in [6.07, 6.45) is 2.03. The number of hydrogen-bond acceptors (Lipinski definition) is 4. The number of aromatic nitrogens is 2. The Labute approximate surface area is 151 Å². The van der Waals surface area contributed by atoms with Gasteiger partial charge < -0.3 is 9.16 Å². The maximum absolute atomic E-state index is 11.4. The molecule has 5 nitrogen and oxygen atoms in total. The van der Waals surface area contributed by atoms with Crippen molar-refractivity contribution in [1.29, 1.82) is 0 Å². The van der Waals surface area contributed by atoms with Crippen molar-refractivity contribution in [3.8, 4) is 5.69 Å². The van der Waals surface area contributed by atoms with Gasteiger partial charge in [0.15, 0.2) is 8.32 Å². The molecule has 6 heteroatoms. The average Bonchev–Trinajstić information content (AvgIpc) is 3.00. The Balaban J connectivity index is 2.10. The zero-order valence-corrected chi connectivity index (χ0v) is 17.0. The number of carbonyl (C=O) groups excluding carboxylic acids is 1. The second-order valence-corrected chi connectivity index (χ2v) is 12.5. The molecule has 0 atom stereocenters. The lowest BCUT2D eigenvalue weighted by Gasteiger charge is -2.36. The van der Waals surface area contributed by atoms with E-state index in [9.17, 15) is 4.79 Å². The minimum Gasteiger partial charge on any atom is -0.469 e. The predicted octanol–water partition coefficient (Wildman–Crippen LogP) is 4.11. The van der Waals surface area contributed by atoms with Crippen molar-refractivity contribution >= 4 is 14.3 Å². The average molecular weight is 361 g/mol. The molecule has 2 rings (SSSR count). The Morgan fingerprint density at radius 2 is 1.96 bits per heavy atom. The molecule has 2 aromatic rings. The van der Waals surface area contributed by atoms with Gasteiger partial charge in [-0.25, -0.2) is 4.68 Å². The lowest BCUT2D eigenvalue weighted by atomic mass is 10.2. The Hall–Kier alpha value is -1.92. The summed E-state index contributed by atoms with van der Waals surface area (Å²) in [7, 11) is -0.397. The van der Waals surface area contributed by atoms with Crippen LogP contribution >= 0.6 is 0 Å². The monoisotopic (exact) mass is 360 g/mol. The summed E-state index contributed by atoms with van der Waals surface area (Å²) in [4.78, 5) is 11.4. The van der Waals surface area contributed by atoms with Crippen molar-refractivity contribution in [2.24, 2.45) is 0 Å². The van der Waals surface area contributed by atoms with E-state index in [1.165, 1.54) is 7.11 Å². The van der Waals surface area contributed by atoms with E-state index in [0.29, 0.717) is 12.3 Å². The summed E-state index contributed by atoms with van der Waals surface area (Å²) in [5.41, 5.74) is 2.76. The van der Waals surface area contributed by atoms with Crippen LogP contribution in [-0.2, 0) is 27.0 Å². The van der Waals surface area contributed by atoms with Gasteiger partial charge >= 0.3 is 5.97 Å². The number of hydrogen-bond donors (Lipinski definition) is 0. The number of methoxy groups -OCH3 is 1. The molecule has 0 saturated heterocycles. The summed E-state index contributed by atoms with van der Waals surface area (Å²) < 4.78 is 12.7. The fourth-order valence-corrected chi connectivity index (χ4v) is 3.05. The van der Waals surface area contributed by atoms with Gasteiger partial charge in [0.25, 0.3) is 0 Å². The second kappa shape index (κ2) is 7.54. The summed E-state index contributed by atoms with van der Waals surface area (Å²) in [5, 5.41) is 4.63. The first kappa shape index (κ1) is 19.4. The van der Waals surface area contributed by atoms with E-state index in [4.69, 9.17) is 4.43 Å². The van der Waals surface area contributed by atoms with Crippen molar-refractivity contribution in [3.63, 3.8) is 0 Å². The first-order valence-corrected chi connectivity index (χ1v) is 11.4. The Morgan fingerprint density at radius 1 is 1.24 bits per heavy atom. The topological polar surface area (TPSA) is 53.4 Å². The molecule has 0 fully saturated rings. The molecule has 0 bridgehead atoms. The second-order valence-electron chi connectivity index (χ2n) is 7.72. The fourth-order valence-electron chi connectivity index (χ4n) is 2.09. The van der Waals surface area contributed by atoms with Gasteiger partial charge in [0.05, 0.1) is 31.5 Å². The van der Waals surface area contributed by atoms with Gasteiger partial charge in [-0.15, -0.1) is 0 Å². The van der Waals surface area contributed by atoms with Crippen molar-refractivity contribution < 1.29 is 14.0 Å². The van der Waals surface area contributed by atoms with E-state index in [2.05, 4.69) is 55.8 Å². The fraction of sp³-hybridized carbons (Fsp3) is 0.474. The van der Waals surface area contributed by atoms with Gasteiger partial charge in [-0.2, -0.15) is 5.10 Å². The maximum Gasteiger partial charge on any atom is 0.311 e. The highest BCUT2D eigenvalue weighted by atomic mass is 28.4. The number of esters is 1. The van der Waals surface area contributed by atoms with Crippen LogP contribution in [0.2, 0.25) is 18.1 Å². The van der Waals surface area contributed by atoms with Crippen LogP contribution in [0.1, 0.15) is 32.0 Å². The standard InChI is InChI=1S/C19H28N2O3Si/c1-19(2,3)25(5,6)24-14-15-8-7-9-17(12-15)21-11-10-16(20-21)13-18(22)23-4/h7-12H,13-14H2,1-6H3. The van der Waals surface area contributed by atoms with Crippen LogP contribution in [0.5, 0.6) is 0 Å². The van der Waals surface area contributed by atoms with Crippen LogP contribution in [0.3, 0.4) is 0 Å². The van der Waals surface area contributed by atoms with Crippen LogP contribution in [0.25, 0.3) is 5.69 Å². The molecule has 0 aliphatic rings. The highest BCUT2D eigenvalue weighted by Gasteiger charge is 2.37. The third-order valence-corrected chi connectivity index (χ3v) is 9.26. The zero-order chi connectivity index (χ0) is 18.7. The maximum atomic E-state index is 11.4. The van der Waals surface area contributed by atoms with Gasteiger partial charge in [0.1, 0.15) is 0 Å². The first-order valence-electron chi connectivity index (χ1n) is 8.47. The molecule has 1 aromatic heterocycles. The first-order chi connectivity index (χ1) is 11.6. The number of rotatable bonds is 6.